The third-order valence-electron chi connectivity index (χ3n) is 5.70. The Morgan fingerprint density at radius 3 is 2.67 bits per heavy atom. The van der Waals surface area contributed by atoms with E-state index < -0.39 is 19.8 Å². The van der Waals surface area contributed by atoms with Crippen molar-refractivity contribution in [3.63, 3.8) is 0 Å². The number of carbonyl (C=O) groups is 1. The number of carbonyl (C=O) groups excluding carboxylic acids is 1. The molecule has 0 aliphatic heterocycles. The maximum absolute atomic E-state index is 12.9. The fourth-order valence-corrected chi connectivity index (χ4v) is 3.93. The van der Waals surface area contributed by atoms with E-state index in [1.54, 1.807) is 19.3 Å². The van der Waals surface area contributed by atoms with Crippen LogP contribution in [0.25, 0.3) is 0 Å². The summed E-state index contributed by atoms with van der Waals surface area (Å²) >= 11 is 0. The number of hydrogen-bond acceptors (Lipinski definition) is 5. The summed E-state index contributed by atoms with van der Waals surface area (Å²) in [6.45, 7) is 17.1. The van der Waals surface area contributed by atoms with Crippen molar-refractivity contribution in [3.05, 3.63) is 41.2 Å². The summed E-state index contributed by atoms with van der Waals surface area (Å²) in [6, 6.07) is 0.917. The van der Waals surface area contributed by atoms with Gasteiger partial charge in [-0.3, -0.25) is 0 Å². The van der Waals surface area contributed by atoms with Crippen LogP contribution >= 0.6 is 0 Å². The van der Waals surface area contributed by atoms with Crippen LogP contribution in [-0.2, 0) is 19.0 Å². The predicted molar refractivity (Wildman–Crippen MR) is 136 cm³/mol. The third kappa shape index (κ3) is 11.7. The van der Waals surface area contributed by atoms with Crippen LogP contribution < -0.4 is 0 Å². The van der Waals surface area contributed by atoms with Crippen molar-refractivity contribution < 1.29 is 24.1 Å². The summed E-state index contributed by atoms with van der Waals surface area (Å²) in [6.07, 6.45) is 5.03. The summed E-state index contributed by atoms with van der Waals surface area (Å²) in [4.78, 5) is 12.9. The molecular weight excluding hydrogens is 432 g/mol. The second kappa shape index (κ2) is 13.7. The molecule has 0 aromatic heterocycles. The largest absolute Gasteiger partial charge is 0.462 e. The number of methoxy groups -OCH3 is 1. The van der Waals surface area contributed by atoms with Gasteiger partial charge in [0.1, 0.15) is 12.4 Å². The minimum Gasteiger partial charge on any atom is -0.462 e. The first-order valence-corrected chi connectivity index (χ1v) is 15.3. The van der Waals surface area contributed by atoms with E-state index in [4.69, 9.17) is 14.2 Å². The van der Waals surface area contributed by atoms with Gasteiger partial charge in [-0.05, 0) is 69.7 Å². The molecule has 0 saturated carbocycles. The van der Waals surface area contributed by atoms with E-state index in [1.807, 2.05) is 20.8 Å². The molecule has 6 heteroatoms. The summed E-state index contributed by atoms with van der Waals surface area (Å²) in [5, 5.41) is 10.7. The average molecular weight is 475 g/mol. The van der Waals surface area contributed by atoms with Gasteiger partial charge in [0, 0.05) is 21.6 Å². The van der Waals surface area contributed by atoms with Crippen molar-refractivity contribution in [2.75, 3.05) is 20.5 Å². The van der Waals surface area contributed by atoms with Gasteiger partial charge in [-0.2, -0.15) is 0 Å². The molecule has 0 aromatic rings. The molecule has 3 atom stereocenters. The van der Waals surface area contributed by atoms with Crippen molar-refractivity contribution in [2.45, 2.75) is 83.8 Å². The SMILES string of the molecule is C=C(C)[C@H]1CCC(C(=O)OCC[Si](C)(C)C)=C=CCC(C)(OCOC)C#C/C=C(/C)C(O)C1. The lowest BCUT2D eigenvalue weighted by Gasteiger charge is -2.23. The van der Waals surface area contributed by atoms with E-state index in [-0.39, 0.29) is 18.7 Å². The summed E-state index contributed by atoms with van der Waals surface area (Å²) in [5.74, 6) is 5.87. The van der Waals surface area contributed by atoms with Gasteiger partial charge in [0.15, 0.2) is 0 Å². The number of allylic oxidation sites excluding steroid dienone is 2. The fourth-order valence-electron chi connectivity index (χ4n) is 3.21. The van der Waals surface area contributed by atoms with Crippen LogP contribution in [-0.4, -0.2) is 51.4 Å². The number of aliphatic hydroxyl groups is 1. The Labute approximate surface area is 201 Å². The number of rotatable bonds is 8. The first-order valence-electron chi connectivity index (χ1n) is 11.6. The zero-order valence-corrected chi connectivity index (χ0v) is 22.5. The Morgan fingerprint density at radius 2 is 2.06 bits per heavy atom. The molecule has 0 spiro atoms. The average Bonchev–Trinajstić information content (AvgIpc) is 2.71. The van der Waals surface area contributed by atoms with Crippen molar-refractivity contribution in [1.29, 1.82) is 0 Å². The van der Waals surface area contributed by atoms with Gasteiger partial charge in [-0.25, -0.2) is 4.79 Å². The number of hydrogen-bond donors (Lipinski definition) is 1. The molecule has 0 radical (unpaired) electrons. The molecule has 0 fully saturated rings. The van der Waals surface area contributed by atoms with Crippen LogP contribution in [0, 0.1) is 17.8 Å². The number of esters is 1. The number of aliphatic hydroxyl groups excluding tert-OH is 1. The molecule has 0 aromatic carbocycles. The lowest BCUT2D eigenvalue weighted by atomic mass is 9.87. The molecule has 1 aliphatic carbocycles. The Kier molecular flexibility index (Phi) is 12.1. The van der Waals surface area contributed by atoms with Crippen LogP contribution in [0.4, 0.5) is 0 Å². The second-order valence-corrected chi connectivity index (χ2v) is 15.9. The summed E-state index contributed by atoms with van der Waals surface area (Å²) in [5.41, 5.74) is 4.62. The summed E-state index contributed by atoms with van der Waals surface area (Å²) in [7, 11) is 0.254. The third-order valence-corrected chi connectivity index (χ3v) is 7.41. The van der Waals surface area contributed by atoms with Crippen molar-refractivity contribution in [3.8, 4) is 11.8 Å². The monoisotopic (exact) mass is 474 g/mol. The van der Waals surface area contributed by atoms with E-state index >= 15 is 0 Å². The fraction of sp³-hybridized carbons (Fsp3) is 0.630. The predicted octanol–water partition coefficient (Wildman–Crippen LogP) is 5.41. The van der Waals surface area contributed by atoms with E-state index in [0.29, 0.717) is 37.9 Å². The molecule has 2 unspecified atom stereocenters. The number of ether oxygens (including phenoxy) is 3. The maximum Gasteiger partial charge on any atom is 0.341 e. The minimum atomic E-state index is -1.30. The van der Waals surface area contributed by atoms with Crippen molar-refractivity contribution in [2.24, 2.45) is 5.92 Å². The zero-order chi connectivity index (χ0) is 25.1. The Hall–Kier alpha value is -1.87. The highest BCUT2D eigenvalue weighted by Gasteiger charge is 2.23. The lowest BCUT2D eigenvalue weighted by Crippen LogP contribution is -2.27. The molecule has 1 aliphatic rings. The van der Waals surface area contributed by atoms with Crippen LogP contribution in [0.1, 0.15) is 46.5 Å². The molecule has 184 valence electrons. The van der Waals surface area contributed by atoms with Crippen LogP contribution in [0.5, 0.6) is 0 Å². The van der Waals surface area contributed by atoms with Gasteiger partial charge >= 0.3 is 5.97 Å². The first-order chi connectivity index (χ1) is 15.4. The molecule has 1 N–H and O–H groups in total. The van der Waals surface area contributed by atoms with Gasteiger partial charge in [-0.1, -0.05) is 43.6 Å². The Bertz CT molecular complexity index is 833. The van der Waals surface area contributed by atoms with Gasteiger partial charge < -0.3 is 19.3 Å². The molecule has 0 saturated heterocycles. The first kappa shape index (κ1) is 29.2. The highest BCUT2D eigenvalue weighted by molar-refractivity contribution is 6.76. The summed E-state index contributed by atoms with van der Waals surface area (Å²) < 4.78 is 16.4. The van der Waals surface area contributed by atoms with E-state index in [2.05, 4.69) is 43.8 Å². The topological polar surface area (TPSA) is 65.0 Å². The Morgan fingerprint density at radius 1 is 1.36 bits per heavy atom. The van der Waals surface area contributed by atoms with E-state index in [0.717, 1.165) is 17.2 Å². The van der Waals surface area contributed by atoms with Gasteiger partial charge in [-0.15, -0.1) is 5.73 Å². The molecule has 0 heterocycles. The molecule has 0 bridgehead atoms. The quantitative estimate of drug-likeness (QED) is 0.127. The second-order valence-electron chi connectivity index (χ2n) is 10.3. The highest BCUT2D eigenvalue weighted by Crippen LogP contribution is 2.26. The van der Waals surface area contributed by atoms with Gasteiger partial charge in [0.05, 0.1) is 18.3 Å². The normalized spacial score (nSPS) is 26.2. The lowest BCUT2D eigenvalue weighted by molar-refractivity contribution is -0.138. The van der Waals surface area contributed by atoms with Gasteiger partial charge in [0.25, 0.3) is 0 Å². The van der Waals surface area contributed by atoms with Gasteiger partial charge in [0.2, 0.25) is 0 Å². The molecule has 5 nitrogen and oxygen atoms in total. The van der Waals surface area contributed by atoms with Crippen LogP contribution in [0.15, 0.2) is 41.2 Å². The zero-order valence-electron chi connectivity index (χ0n) is 21.5. The van der Waals surface area contributed by atoms with E-state index in [1.165, 1.54) is 0 Å². The van der Waals surface area contributed by atoms with E-state index in [9.17, 15) is 9.90 Å². The smallest absolute Gasteiger partial charge is 0.341 e. The molecule has 33 heavy (non-hydrogen) atoms. The molecular formula is C27H42O5Si. The Balaban J connectivity index is 3.26. The maximum atomic E-state index is 12.9. The van der Waals surface area contributed by atoms with Crippen LogP contribution in [0.2, 0.25) is 25.7 Å². The minimum absolute atomic E-state index is 0.0705. The molecule has 1 rings (SSSR count). The standard InChI is InChI=1S/C27H42O5Si/c1-21(2)24-14-13-23(26(29)31-17-18-33(6,7)8)12-10-16-27(4,32-20-30-5)15-9-11-22(3)25(28)19-24/h10-11,24-25,28H,1,13-14,16-20H2,2-8H3/b22-11-/t12?,24-,25?,27?/m0/s1. The van der Waals surface area contributed by atoms with Crippen LogP contribution in [0.3, 0.4) is 0 Å². The highest BCUT2D eigenvalue weighted by atomic mass is 28.3. The molecule has 0 amide bonds. The van der Waals surface area contributed by atoms with Crippen molar-refractivity contribution in [1.82, 2.24) is 0 Å². The van der Waals surface area contributed by atoms with Crippen molar-refractivity contribution >= 4 is 14.0 Å².